The highest BCUT2D eigenvalue weighted by molar-refractivity contribution is 8.04. The van der Waals surface area contributed by atoms with Crippen molar-refractivity contribution >= 4 is 36.6 Å². The lowest BCUT2D eigenvalue weighted by Gasteiger charge is -2.22. The second-order valence-corrected chi connectivity index (χ2v) is 10.9. The molecule has 11 heteroatoms. The van der Waals surface area contributed by atoms with E-state index in [0.29, 0.717) is 3.71 Å². The van der Waals surface area contributed by atoms with Crippen LogP contribution in [0.2, 0.25) is 0 Å². The molecule has 168 valence electrons. The molecule has 9 nitrogen and oxygen atoms in total. The Hall–Kier alpha value is -3.67. The lowest BCUT2D eigenvalue weighted by atomic mass is 10.1. The molecule has 0 spiro atoms. The molecule has 1 aromatic heterocycles. The van der Waals surface area contributed by atoms with Crippen LogP contribution in [0.5, 0.6) is 0 Å². The Morgan fingerprint density at radius 2 is 1.30 bits per heavy atom. The predicted molar refractivity (Wildman–Crippen MR) is 121 cm³/mol. The van der Waals surface area contributed by atoms with Crippen molar-refractivity contribution in [3.63, 3.8) is 0 Å². The van der Waals surface area contributed by atoms with Crippen molar-refractivity contribution in [2.24, 2.45) is 0 Å². The lowest BCUT2D eigenvalue weighted by molar-refractivity contribution is -0.383. The van der Waals surface area contributed by atoms with E-state index in [1.54, 1.807) is 12.1 Å². The number of fused-ring (bicyclic) bond motifs is 1. The van der Waals surface area contributed by atoms with Crippen molar-refractivity contribution in [1.29, 1.82) is 0 Å². The van der Waals surface area contributed by atoms with Crippen LogP contribution in [-0.4, -0.2) is 30.5 Å². The molecule has 0 bridgehead atoms. The maximum atomic E-state index is 13.5. The van der Waals surface area contributed by atoms with Gasteiger partial charge in [-0.25, -0.2) is 16.8 Å². The first-order valence-electron chi connectivity index (χ1n) is 9.62. The van der Waals surface area contributed by atoms with Gasteiger partial charge in [-0.1, -0.05) is 40.1 Å². The molecule has 0 aliphatic rings. The number of nitro benzene ring substituents is 1. The predicted octanol–water partition coefficient (Wildman–Crippen LogP) is 3.72. The Bertz CT molecular complexity index is 1470. The van der Waals surface area contributed by atoms with Gasteiger partial charge in [0.15, 0.2) is 0 Å². The van der Waals surface area contributed by atoms with Gasteiger partial charge in [-0.05, 0) is 48.0 Å². The van der Waals surface area contributed by atoms with Crippen LogP contribution in [-0.2, 0) is 26.6 Å². The second kappa shape index (κ2) is 8.70. The van der Waals surface area contributed by atoms with E-state index in [1.807, 2.05) is 0 Å². The number of pyridine rings is 1. The summed E-state index contributed by atoms with van der Waals surface area (Å²) in [6.45, 7) is -0.597. The average Bonchev–Trinajstić information content (AvgIpc) is 2.83. The first kappa shape index (κ1) is 22.5. The minimum atomic E-state index is -4.52. The van der Waals surface area contributed by atoms with Crippen LogP contribution in [0.15, 0.2) is 101 Å². The summed E-state index contributed by atoms with van der Waals surface area (Å²) < 4.78 is 54.3. The van der Waals surface area contributed by atoms with Gasteiger partial charge >= 0.3 is 0 Å². The fourth-order valence-corrected chi connectivity index (χ4v) is 7.00. The summed E-state index contributed by atoms with van der Waals surface area (Å²) in [6, 6.07) is 19.9. The lowest BCUT2D eigenvalue weighted by Crippen LogP contribution is -2.36. The van der Waals surface area contributed by atoms with Crippen molar-refractivity contribution in [3.05, 3.63) is 107 Å². The Balaban J connectivity index is 1.93. The molecule has 0 radical (unpaired) electrons. The molecule has 1 heterocycles. The maximum Gasteiger partial charge on any atom is 0.278 e. The van der Waals surface area contributed by atoms with Crippen LogP contribution in [0.25, 0.3) is 10.9 Å². The molecule has 0 N–H and O–H groups in total. The molecule has 3 aromatic carbocycles. The molecule has 4 rings (SSSR count). The molecule has 0 atom stereocenters. The van der Waals surface area contributed by atoms with Gasteiger partial charge in [0.1, 0.15) is 0 Å². The zero-order valence-corrected chi connectivity index (χ0v) is 18.6. The molecule has 0 unspecified atom stereocenters. The number of aromatic nitrogens is 1. The summed E-state index contributed by atoms with van der Waals surface area (Å²) in [5, 5.41) is 11.6. The van der Waals surface area contributed by atoms with Crippen molar-refractivity contribution < 1.29 is 21.8 Å². The summed E-state index contributed by atoms with van der Waals surface area (Å²) in [4.78, 5) is 14.6. The minimum absolute atomic E-state index is 0.142. The number of nitrogens with zero attached hydrogens (tertiary/aromatic N) is 3. The van der Waals surface area contributed by atoms with Crippen molar-refractivity contribution in [1.82, 2.24) is 8.69 Å². The SMILES string of the molecule is O=[N+]([O-])c1ccc(CN(S(=O)(=O)c2ccccc2)S(=O)(=O)c2ccccc2)c2ncccc12. The summed E-state index contributed by atoms with van der Waals surface area (Å²) in [6.07, 6.45) is 1.40. The van der Waals surface area contributed by atoms with Gasteiger partial charge in [-0.15, -0.1) is 0 Å². The van der Waals surface area contributed by atoms with Crippen LogP contribution >= 0.6 is 0 Å². The van der Waals surface area contributed by atoms with Crippen LogP contribution in [0.3, 0.4) is 0 Å². The highest BCUT2D eigenvalue weighted by Gasteiger charge is 2.37. The van der Waals surface area contributed by atoms with Crippen molar-refractivity contribution in [2.75, 3.05) is 0 Å². The molecular weight excluding hydrogens is 466 g/mol. The Kier molecular flexibility index (Phi) is 5.93. The molecule has 0 amide bonds. The van der Waals surface area contributed by atoms with Crippen LogP contribution < -0.4 is 0 Å². The molecule has 33 heavy (non-hydrogen) atoms. The fourth-order valence-electron chi connectivity index (χ4n) is 3.36. The van der Waals surface area contributed by atoms with Crippen LogP contribution in [0.1, 0.15) is 5.56 Å². The molecule has 0 aliphatic heterocycles. The summed E-state index contributed by atoms with van der Waals surface area (Å²) in [5.74, 6) is 0. The van der Waals surface area contributed by atoms with Crippen LogP contribution in [0.4, 0.5) is 5.69 Å². The quantitative estimate of drug-likeness (QED) is 0.289. The van der Waals surface area contributed by atoms with Gasteiger partial charge in [0.05, 0.1) is 32.2 Å². The first-order chi connectivity index (χ1) is 15.7. The molecule has 4 aromatic rings. The number of sulfonamides is 2. The second-order valence-electron chi connectivity index (χ2n) is 6.97. The molecule has 0 aliphatic carbocycles. The Morgan fingerprint density at radius 1 is 0.758 bits per heavy atom. The fraction of sp³-hybridized carbons (Fsp3) is 0.0455. The van der Waals surface area contributed by atoms with E-state index in [2.05, 4.69) is 4.98 Å². The van der Waals surface area contributed by atoms with Crippen molar-refractivity contribution in [3.8, 4) is 0 Å². The van der Waals surface area contributed by atoms with Gasteiger partial charge in [0.25, 0.3) is 25.7 Å². The van der Waals surface area contributed by atoms with E-state index >= 15 is 0 Å². The smallest absolute Gasteiger partial charge is 0.258 e. The molecule has 0 saturated carbocycles. The van der Waals surface area contributed by atoms with Crippen LogP contribution in [0, 0.1) is 10.1 Å². The zero-order chi connectivity index (χ0) is 23.6. The topological polar surface area (TPSA) is 128 Å². The maximum absolute atomic E-state index is 13.5. The van der Waals surface area contributed by atoms with Gasteiger partial charge in [-0.3, -0.25) is 15.1 Å². The molecular formula is C22H17N3O6S2. The molecule has 0 saturated heterocycles. The Labute approximate surface area is 190 Å². The third-order valence-corrected chi connectivity index (χ3v) is 9.19. The number of rotatable bonds is 7. The molecule has 0 fully saturated rings. The van der Waals surface area contributed by atoms with E-state index in [1.165, 1.54) is 79.0 Å². The highest BCUT2D eigenvalue weighted by atomic mass is 32.3. The van der Waals surface area contributed by atoms with Crippen molar-refractivity contribution in [2.45, 2.75) is 16.3 Å². The third-order valence-electron chi connectivity index (χ3n) is 4.94. The Morgan fingerprint density at radius 3 is 1.82 bits per heavy atom. The van der Waals surface area contributed by atoms with E-state index in [4.69, 9.17) is 0 Å². The number of benzene rings is 3. The van der Waals surface area contributed by atoms with E-state index in [0.717, 1.165) is 0 Å². The number of nitro groups is 1. The summed E-state index contributed by atoms with van der Waals surface area (Å²) in [7, 11) is -9.03. The van der Waals surface area contributed by atoms with E-state index in [9.17, 15) is 26.9 Å². The number of non-ortho nitro benzene ring substituents is 1. The number of hydrogen-bond acceptors (Lipinski definition) is 7. The monoisotopic (exact) mass is 483 g/mol. The largest absolute Gasteiger partial charge is 0.278 e. The first-order valence-corrected chi connectivity index (χ1v) is 12.5. The third kappa shape index (κ3) is 4.21. The number of hydrogen-bond donors (Lipinski definition) is 0. The van der Waals surface area contributed by atoms with Gasteiger partial charge in [0.2, 0.25) is 0 Å². The summed E-state index contributed by atoms with van der Waals surface area (Å²) in [5.41, 5.74) is 0.128. The van der Waals surface area contributed by atoms with Gasteiger partial charge in [-0.2, -0.15) is 0 Å². The zero-order valence-electron chi connectivity index (χ0n) is 17.0. The summed E-state index contributed by atoms with van der Waals surface area (Å²) >= 11 is 0. The normalized spacial score (nSPS) is 12.2. The van der Waals surface area contributed by atoms with E-state index in [-0.39, 0.29) is 31.9 Å². The average molecular weight is 484 g/mol. The highest BCUT2D eigenvalue weighted by Crippen LogP contribution is 2.31. The van der Waals surface area contributed by atoms with Gasteiger partial charge in [0, 0.05) is 12.3 Å². The minimum Gasteiger partial charge on any atom is -0.258 e. The standard InChI is InChI=1S/C22H17N3O6S2/c26-25(27)21-14-13-17(22-20(21)12-7-15-23-22)16-24(32(28,29)18-8-3-1-4-9-18)33(30,31)19-10-5-2-6-11-19/h1-15H,16H2. The van der Waals surface area contributed by atoms with Gasteiger partial charge < -0.3 is 0 Å². The van der Waals surface area contributed by atoms with E-state index < -0.39 is 31.5 Å².